The second-order valence-electron chi connectivity index (χ2n) is 10.6. The van der Waals surface area contributed by atoms with Crippen LogP contribution < -0.4 is 20.7 Å². The van der Waals surface area contributed by atoms with Gasteiger partial charge in [0.1, 0.15) is 5.75 Å². The highest BCUT2D eigenvalue weighted by Gasteiger charge is 2.38. The van der Waals surface area contributed by atoms with E-state index in [0.717, 1.165) is 30.0 Å². The van der Waals surface area contributed by atoms with Gasteiger partial charge in [-0.25, -0.2) is 0 Å². The van der Waals surface area contributed by atoms with E-state index < -0.39 is 5.54 Å². The minimum absolute atomic E-state index is 0.0629. The zero-order valence-corrected chi connectivity index (χ0v) is 23.9. The molecule has 5 aromatic rings. The number of hydrogen-bond acceptors (Lipinski definition) is 3. The van der Waals surface area contributed by atoms with Crippen molar-refractivity contribution in [2.75, 3.05) is 13.7 Å². The number of benzene rings is 5. The first-order valence-electron chi connectivity index (χ1n) is 14.5. The monoisotopic (exact) mass is 550 g/mol. The fraction of sp³-hybridized carbons (Fsp3) is 0.158. The molecule has 0 bridgehead atoms. The van der Waals surface area contributed by atoms with Gasteiger partial charge in [-0.1, -0.05) is 127 Å². The second-order valence-corrected chi connectivity index (χ2v) is 10.6. The minimum Gasteiger partial charge on any atom is -0.496 e. The summed E-state index contributed by atoms with van der Waals surface area (Å²) in [6, 6.07) is 49.0. The Bertz CT molecular complexity index is 1520. The number of para-hydroxylation sites is 2. The Morgan fingerprint density at radius 2 is 1.21 bits per heavy atom. The van der Waals surface area contributed by atoms with E-state index in [0.29, 0.717) is 6.54 Å². The normalized spacial score (nSPS) is 13.1. The van der Waals surface area contributed by atoms with Crippen molar-refractivity contribution in [2.24, 2.45) is 0 Å². The molecule has 0 amide bonds. The highest BCUT2D eigenvalue weighted by molar-refractivity contribution is 5.79. The number of hydrogen-bond donors (Lipinski definition) is 2. The molecule has 1 radical (unpaired) electrons. The van der Waals surface area contributed by atoms with Gasteiger partial charge in [0.05, 0.1) is 18.3 Å². The van der Waals surface area contributed by atoms with E-state index in [-0.39, 0.29) is 6.04 Å². The first-order valence-corrected chi connectivity index (χ1v) is 14.5. The van der Waals surface area contributed by atoms with Gasteiger partial charge in [-0.05, 0) is 40.8 Å². The maximum Gasteiger partial charge on any atom is 0.123 e. The predicted octanol–water partition coefficient (Wildman–Crippen LogP) is 7.42. The summed E-state index contributed by atoms with van der Waals surface area (Å²) in [6.45, 7) is 1.45. The zero-order chi connectivity index (χ0) is 28.6. The van der Waals surface area contributed by atoms with E-state index in [1.165, 1.54) is 27.8 Å². The maximum atomic E-state index is 5.63. The van der Waals surface area contributed by atoms with Crippen molar-refractivity contribution in [1.82, 2.24) is 16.0 Å². The number of methoxy groups -OCH3 is 1. The van der Waals surface area contributed by atoms with E-state index in [1.54, 1.807) is 7.11 Å². The summed E-state index contributed by atoms with van der Waals surface area (Å²) in [4.78, 5) is 0. The van der Waals surface area contributed by atoms with E-state index in [2.05, 4.69) is 138 Å². The Kier molecular flexibility index (Phi) is 8.46. The highest BCUT2D eigenvalue weighted by atomic mass is 16.5. The van der Waals surface area contributed by atoms with Crippen LogP contribution in [0.15, 0.2) is 146 Å². The van der Waals surface area contributed by atoms with Crippen LogP contribution in [0.2, 0.25) is 0 Å². The predicted molar refractivity (Wildman–Crippen MR) is 172 cm³/mol. The van der Waals surface area contributed by atoms with Gasteiger partial charge in [0.2, 0.25) is 0 Å². The number of nitrogens with zero attached hydrogens (tertiary/aromatic N) is 1. The molecule has 1 atom stereocenters. The summed E-state index contributed by atoms with van der Waals surface area (Å²) in [7, 11) is 1.73. The van der Waals surface area contributed by atoms with Gasteiger partial charge in [0.25, 0.3) is 0 Å². The Hall–Kier alpha value is -4.64. The molecular formula is C38H36N3O. The topological polar surface area (TPSA) is 47.4 Å². The quantitative estimate of drug-likeness (QED) is 0.159. The zero-order valence-electron chi connectivity index (χ0n) is 23.9. The van der Waals surface area contributed by atoms with Crippen LogP contribution in [0.25, 0.3) is 5.57 Å². The molecule has 1 aliphatic heterocycles. The molecule has 42 heavy (non-hydrogen) atoms. The van der Waals surface area contributed by atoms with Crippen molar-refractivity contribution in [3.63, 3.8) is 0 Å². The Morgan fingerprint density at radius 1 is 0.667 bits per heavy atom. The molecule has 0 fully saturated rings. The lowest BCUT2D eigenvalue weighted by Gasteiger charge is -2.40. The van der Waals surface area contributed by atoms with Crippen LogP contribution in [0.5, 0.6) is 5.75 Å². The summed E-state index contributed by atoms with van der Waals surface area (Å²) in [6.07, 6.45) is 2.85. The van der Waals surface area contributed by atoms with Crippen molar-refractivity contribution < 1.29 is 4.74 Å². The molecule has 5 aromatic carbocycles. The lowest BCUT2D eigenvalue weighted by Crippen LogP contribution is -2.52. The average molecular weight is 551 g/mol. The molecule has 1 unspecified atom stereocenters. The van der Waals surface area contributed by atoms with E-state index >= 15 is 0 Å². The van der Waals surface area contributed by atoms with Crippen molar-refractivity contribution in [1.29, 1.82) is 0 Å². The molecule has 4 heteroatoms. The van der Waals surface area contributed by atoms with Crippen molar-refractivity contribution >= 4 is 11.3 Å². The third-order valence-corrected chi connectivity index (χ3v) is 8.02. The molecular weight excluding hydrogens is 514 g/mol. The molecule has 0 aromatic heterocycles. The molecule has 1 heterocycles. The smallest absolute Gasteiger partial charge is 0.123 e. The van der Waals surface area contributed by atoms with Crippen LogP contribution in [0.4, 0.5) is 5.69 Å². The van der Waals surface area contributed by atoms with Crippen LogP contribution in [-0.2, 0) is 12.1 Å². The molecule has 4 nitrogen and oxygen atoms in total. The lowest BCUT2D eigenvalue weighted by atomic mass is 9.76. The van der Waals surface area contributed by atoms with E-state index in [1.807, 2.05) is 18.3 Å². The SMILES string of the molecule is COc1ccccc1CNCC(CC1=C[N]c2ccccc21)NC(c1ccccc1)(c1ccccc1)c1ccccc1. The van der Waals surface area contributed by atoms with Gasteiger partial charge >= 0.3 is 0 Å². The van der Waals surface area contributed by atoms with Gasteiger partial charge in [0.15, 0.2) is 0 Å². The highest BCUT2D eigenvalue weighted by Crippen LogP contribution is 2.39. The third-order valence-electron chi connectivity index (χ3n) is 8.02. The molecule has 0 aliphatic carbocycles. The van der Waals surface area contributed by atoms with E-state index in [9.17, 15) is 0 Å². The van der Waals surface area contributed by atoms with Crippen LogP contribution in [0.3, 0.4) is 0 Å². The summed E-state index contributed by atoms with van der Waals surface area (Å²) in [5.74, 6) is 0.896. The van der Waals surface area contributed by atoms with Gasteiger partial charge in [0, 0.05) is 36.5 Å². The van der Waals surface area contributed by atoms with Crippen LogP contribution in [0, 0.1) is 0 Å². The molecule has 0 saturated heterocycles. The molecule has 1 aliphatic rings. The fourth-order valence-corrected chi connectivity index (χ4v) is 6.03. The van der Waals surface area contributed by atoms with Crippen LogP contribution >= 0.6 is 0 Å². The molecule has 209 valence electrons. The van der Waals surface area contributed by atoms with Gasteiger partial charge in [-0.2, -0.15) is 0 Å². The van der Waals surface area contributed by atoms with Crippen LogP contribution in [0.1, 0.15) is 34.2 Å². The minimum atomic E-state index is -0.573. The number of rotatable bonds is 12. The Balaban J connectivity index is 1.40. The summed E-state index contributed by atoms with van der Waals surface area (Å²) in [5, 5.41) is 12.7. The summed E-state index contributed by atoms with van der Waals surface area (Å²) >= 11 is 0. The number of fused-ring (bicyclic) bond motifs is 1. The maximum absolute atomic E-state index is 5.63. The average Bonchev–Trinajstić information content (AvgIpc) is 3.47. The summed E-state index contributed by atoms with van der Waals surface area (Å²) < 4.78 is 5.63. The fourth-order valence-electron chi connectivity index (χ4n) is 6.03. The second kappa shape index (κ2) is 12.9. The molecule has 2 N–H and O–H groups in total. The summed E-state index contributed by atoms with van der Waals surface area (Å²) in [5.41, 5.74) is 7.64. The van der Waals surface area contributed by atoms with Crippen molar-refractivity contribution in [3.8, 4) is 5.75 Å². The molecule has 0 spiro atoms. The van der Waals surface area contributed by atoms with Crippen LogP contribution in [-0.4, -0.2) is 19.7 Å². The van der Waals surface area contributed by atoms with E-state index in [4.69, 9.17) is 10.1 Å². The lowest BCUT2D eigenvalue weighted by molar-refractivity contribution is 0.374. The van der Waals surface area contributed by atoms with Gasteiger partial charge < -0.3 is 10.1 Å². The third kappa shape index (κ3) is 5.73. The van der Waals surface area contributed by atoms with Crippen molar-refractivity contribution in [2.45, 2.75) is 24.5 Å². The Morgan fingerprint density at radius 3 is 1.83 bits per heavy atom. The van der Waals surface area contributed by atoms with Gasteiger partial charge in [-0.3, -0.25) is 10.6 Å². The van der Waals surface area contributed by atoms with Gasteiger partial charge in [-0.15, -0.1) is 0 Å². The molecule has 0 saturated carbocycles. The molecule has 6 rings (SSSR count). The Labute approximate surface area is 249 Å². The number of ether oxygens (including phenoxy) is 1. The van der Waals surface area contributed by atoms with Crippen molar-refractivity contribution in [3.05, 3.63) is 174 Å². The largest absolute Gasteiger partial charge is 0.496 e. The first-order chi connectivity index (χ1) is 20.8. The first kappa shape index (κ1) is 27.5. The number of nitrogens with one attached hydrogen (secondary N) is 2. The standard InChI is InChI=1S/C38H36N3O/c1-42-37-24-14-11-15-29(37)26-39-28-34(25-30-27-40-36-23-13-12-22-35(30)36)41-38(31-16-5-2-6-17-31,32-18-7-3-8-19-32)33-20-9-4-10-21-33/h2-24,27,34,39,41H,25-26,28H2,1H3.